The van der Waals surface area contributed by atoms with Crippen LogP contribution in [0.2, 0.25) is 0 Å². The molecular weight excluding hydrogens is 302 g/mol. The summed E-state index contributed by atoms with van der Waals surface area (Å²) in [6.45, 7) is 8.51. The lowest BCUT2D eigenvalue weighted by molar-refractivity contribution is -0.127. The quantitative estimate of drug-likeness (QED) is 0.645. The molecule has 0 aliphatic heterocycles. The van der Waals surface area contributed by atoms with Gasteiger partial charge >= 0.3 is 0 Å². The van der Waals surface area contributed by atoms with Crippen LogP contribution in [-0.4, -0.2) is 30.4 Å². The minimum Gasteiger partial charge on any atom is -0.348 e. The molecule has 24 heavy (non-hydrogen) atoms. The average Bonchev–Trinajstić information content (AvgIpc) is 2.51. The molecule has 4 N–H and O–H groups in total. The number of carbonyl (C=O) groups excluding carboxylic acids is 2. The smallest absolute Gasteiger partial charge is 0.239 e. The largest absolute Gasteiger partial charge is 0.348 e. The van der Waals surface area contributed by atoms with Gasteiger partial charge in [0.2, 0.25) is 11.8 Å². The summed E-state index contributed by atoms with van der Waals surface area (Å²) in [6, 6.07) is 8.11. The fourth-order valence-corrected chi connectivity index (χ4v) is 2.75. The van der Waals surface area contributed by atoms with E-state index >= 15 is 0 Å². The van der Waals surface area contributed by atoms with Crippen LogP contribution in [0, 0.1) is 12.8 Å². The maximum Gasteiger partial charge on any atom is 0.239 e. The standard InChI is InChI=1S/C19H31N3O2/c1-14(2)11-19(4,13-20)22-18(24)12-21-17(23)10-9-16-7-5-15(3)6-8-16/h5-8,14H,9-13,20H2,1-4H3,(H,21,23)(H,22,24). The molecule has 0 heterocycles. The first-order chi connectivity index (χ1) is 11.2. The Hall–Kier alpha value is -1.88. The number of nitrogens with two attached hydrogens (primary N) is 1. The Morgan fingerprint density at radius 3 is 2.33 bits per heavy atom. The molecule has 0 spiro atoms. The minimum absolute atomic E-state index is 0.0135. The third kappa shape index (κ3) is 7.59. The molecule has 134 valence electrons. The predicted molar refractivity (Wildman–Crippen MR) is 97.6 cm³/mol. The minimum atomic E-state index is -0.433. The van der Waals surface area contributed by atoms with Crippen molar-refractivity contribution in [2.24, 2.45) is 11.7 Å². The van der Waals surface area contributed by atoms with Crippen molar-refractivity contribution in [1.29, 1.82) is 0 Å². The zero-order chi connectivity index (χ0) is 18.2. The van der Waals surface area contributed by atoms with E-state index in [1.54, 1.807) is 0 Å². The van der Waals surface area contributed by atoms with Crippen LogP contribution >= 0.6 is 0 Å². The molecule has 5 heteroatoms. The van der Waals surface area contributed by atoms with Crippen LogP contribution in [0.4, 0.5) is 0 Å². The molecule has 0 aromatic heterocycles. The van der Waals surface area contributed by atoms with Gasteiger partial charge in [0.05, 0.1) is 6.54 Å². The lowest BCUT2D eigenvalue weighted by Gasteiger charge is -2.31. The van der Waals surface area contributed by atoms with Crippen molar-refractivity contribution >= 4 is 11.8 Å². The van der Waals surface area contributed by atoms with E-state index in [0.717, 1.165) is 12.0 Å². The van der Waals surface area contributed by atoms with Crippen molar-refractivity contribution in [1.82, 2.24) is 10.6 Å². The second-order valence-electron chi connectivity index (χ2n) is 7.17. The highest BCUT2D eigenvalue weighted by molar-refractivity contribution is 5.85. The maximum absolute atomic E-state index is 12.0. The molecule has 1 atom stereocenters. The molecule has 0 aliphatic carbocycles. The Bertz CT molecular complexity index is 540. The summed E-state index contributed by atoms with van der Waals surface area (Å²) in [6.07, 6.45) is 1.84. The van der Waals surface area contributed by atoms with E-state index in [4.69, 9.17) is 5.73 Å². The number of benzene rings is 1. The normalized spacial score (nSPS) is 13.4. The van der Waals surface area contributed by atoms with Crippen LogP contribution in [0.5, 0.6) is 0 Å². The number of nitrogens with one attached hydrogen (secondary N) is 2. The third-order valence-corrected chi connectivity index (χ3v) is 3.96. The SMILES string of the molecule is Cc1ccc(CCC(=O)NCC(=O)NC(C)(CN)CC(C)C)cc1. The van der Waals surface area contributed by atoms with Crippen LogP contribution in [-0.2, 0) is 16.0 Å². The zero-order valence-electron chi connectivity index (χ0n) is 15.3. The molecule has 0 aliphatic rings. The summed E-state index contributed by atoms with van der Waals surface area (Å²) >= 11 is 0. The molecule has 0 saturated heterocycles. The summed E-state index contributed by atoms with van der Waals surface area (Å²) in [5, 5.41) is 5.60. The van der Waals surface area contributed by atoms with Crippen LogP contribution in [0.1, 0.15) is 44.7 Å². The van der Waals surface area contributed by atoms with Gasteiger partial charge in [0, 0.05) is 18.5 Å². The Morgan fingerprint density at radius 1 is 1.17 bits per heavy atom. The lowest BCUT2D eigenvalue weighted by atomic mass is 9.91. The predicted octanol–water partition coefficient (Wildman–Crippen LogP) is 1.92. The number of aryl methyl sites for hydroxylation is 2. The van der Waals surface area contributed by atoms with Gasteiger partial charge in [-0.15, -0.1) is 0 Å². The average molecular weight is 333 g/mol. The van der Waals surface area contributed by atoms with Gasteiger partial charge in [0.1, 0.15) is 0 Å². The molecule has 1 rings (SSSR count). The zero-order valence-corrected chi connectivity index (χ0v) is 15.3. The van der Waals surface area contributed by atoms with E-state index in [-0.39, 0.29) is 18.4 Å². The number of carbonyl (C=O) groups is 2. The molecule has 0 radical (unpaired) electrons. The lowest BCUT2D eigenvalue weighted by Crippen LogP contribution is -2.54. The van der Waals surface area contributed by atoms with Gasteiger partial charge in [-0.3, -0.25) is 9.59 Å². The Balaban J connectivity index is 2.35. The number of hydrogen-bond donors (Lipinski definition) is 3. The van der Waals surface area contributed by atoms with Crippen LogP contribution < -0.4 is 16.4 Å². The van der Waals surface area contributed by atoms with Crippen molar-refractivity contribution in [2.45, 2.75) is 52.5 Å². The molecule has 1 aromatic rings. The van der Waals surface area contributed by atoms with Gasteiger partial charge in [-0.1, -0.05) is 43.7 Å². The first kappa shape index (κ1) is 20.2. The summed E-state index contributed by atoms with van der Waals surface area (Å²) in [4.78, 5) is 23.9. The van der Waals surface area contributed by atoms with Crippen molar-refractivity contribution in [3.63, 3.8) is 0 Å². The van der Waals surface area contributed by atoms with Gasteiger partial charge in [-0.05, 0) is 38.2 Å². The molecule has 0 saturated carbocycles. The van der Waals surface area contributed by atoms with Crippen LogP contribution in [0.3, 0.4) is 0 Å². The number of hydrogen-bond acceptors (Lipinski definition) is 3. The van der Waals surface area contributed by atoms with Gasteiger partial charge < -0.3 is 16.4 Å². The summed E-state index contributed by atoms with van der Waals surface area (Å²) < 4.78 is 0. The molecule has 2 amide bonds. The van der Waals surface area contributed by atoms with Crippen molar-refractivity contribution in [2.75, 3.05) is 13.1 Å². The second-order valence-corrected chi connectivity index (χ2v) is 7.17. The van der Waals surface area contributed by atoms with E-state index in [1.165, 1.54) is 5.56 Å². The van der Waals surface area contributed by atoms with Crippen molar-refractivity contribution < 1.29 is 9.59 Å². The van der Waals surface area contributed by atoms with E-state index < -0.39 is 5.54 Å². The Kier molecular flexibility index (Phi) is 7.92. The van der Waals surface area contributed by atoms with E-state index in [9.17, 15) is 9.59 Å². The topological polar surface area (TPSA) is 84.2 Å². The number of rotatable bonds is 9. The van der Waals surface area contributed by atoms with Gasteiger partial charge in [-0.2, -0.15) is 0 Å². The van der Waals surface area contributed by atoms with E-state index in [0.29, 0.717) is 25.3 Å². The van der Waals surface area contributed by atoms with Crippen molar-refractivity contribution in [3.8, 4) is 0 Å². The van der Waals surface area contributed by atoms with Crippen LogP contribution in [0.25, 0.3) is 0 Å². The van der Waals surface area contributed by atoms with Gasteiger partial charge in [-0.25, -0.2) is 0 Å². The highest BCUT2D eigenvalue weighted by Crippen LogP contribution is 2.14. The number of amides is 2. The highest BCUT2D eigenvalue weighted by Gasteiger charge is 2.25. The molecule has 1 aromatic carbocycles. The summed E-state index contributed by atoms with van der Waals surface area (Å²) in [7, 11) is 0. The van der Waals surface area contributed by atoms with Gasteiger partial charge in [0.25, 0.3) is 0 Å². The van der Waals surface area contributed by atoms with E-state index in [2.05, 4.69) is 24.5 Å². The fraction of sp³-hybridized carbons (Fsp3) is 0.579. The van der Waals surface area contributed by atoms with Crippen molar-refractivity contribution in [3.05, 3.63) is 35.4 Å². The van der Waals surface area contributed by atoms with E-state index in [1.807, 2.05) is 38.1 Å². The van der Waals surface area contributed by atoms with Crippen LogP contribution in [0.15, 0.2) is 24.3 Å². The monoisotopic (exact) mass is 333 g/mol. The first-order valence-electron chi connectivity index (χ1n) is 8.57. The molecule has 1 unspecified atom stereocenters. The molecule has 0 bridgehead atoms. The van der Waals surface area contributed by atoms with Gasteiger partial charge in [0.15, 0.2) is 0 Å². The molecule has 5 nitrogen and oxygen atoms in total. The Labute approximate surface area is 145 Å². The first-order valence-corrected chi connectivity index (χ1v) is 8.57. The second kappa shape index (κ2) is 9.42. The maximum atomic E-state index is 12.0. The molecule has 0 fully saturated rings. The third-order valence-electron chi connectivity index (χ3n) is 3.96. The summed E-state index contributed by atoms with van der Waals surface area (Å²) in [5.74, 6) is 0.110. The highest BCUT2D eigenvalue weighted by atomic mass is 16.2. The summed E-state index contributed by atoms with van der Waals surface area (Å²) in [5.41, 5.74) is 7.66. The fourth-order valence-electron chi connectivity index (χ4n) is 2.75. The Morgan fingerprint density at radius 2 is 1.79 bits per heavy atom. The molecular formula is C19H31N3O2.